The third-order valence-corrected chi connectivity index (χ3v) is 5.47. The number of ether oxygens (including phenoxy) is 1. The van der Waals surface area contributed by atoms with Crippen LogP contribution in [0.15, 0.2) is 66.7 Å². The number of rotatable bonds is 4. The van der Waals surface area contributed by atoms with Crippen molar-refractivity contribution >= 4 is 22.6 Å². The van der Waals surface area contributed by atoms with E-state index in [4.69, 9.17) is 4.74 Å². The Labute approximate surface area is 170 Å². The highest BCUT2D eigenvalue weighted by Crippen LogP contribution is 2.22. The zero-order valence-electron chi connectivity index (χ0n) is 16.4. The van der Waals surface area contributed by atoms with Gasteiger partial charge in [-0.15, -0.1) is 0 Å². The van der Waals surface area contributed by atoms with E-state index >= 15 is 0 Å². The van der Waals surface area contributed by atoms with E-state index in [1.165, 1.54) is 0 Å². The second-order valence-electron chi connectivity index (χ2n) is 7.30. The first kappa shape index (κ1) is 19.0. The molecule has 1 fully saturated rings. The van der Waals surface area contributed by atoms with Gasteiger partial charge in [-0.1, -0.05) is 42.5 Å². The summed E-state index contributed by atoms with van der Waals surface area (Å²) in [6.45, 7) is 1.26. The summed E-state index contributed by atoms with van der Waals surface area (Å²) in [6, 6.07) is 21.0. The molecule has 0 spiro atoms. The molecule has 0 radical (unpaired) electrons. The number of hydrogen-bond donors (Lipinski definition) is 1. The third kappa shape index (κ3) is 4.09. The van der Waals surface area contributed by atoms with Crippen molar-refractivity contribution in [1.29, 1.82) is 0 Å². The standard InChI is InChI=1S/C24H24N2O3/c1-29-20-9-4-8-18(16-20)23(27)25-19-12-14-26(15-13-19)24(28)22-11-5-7-17-6-2-3-10-21(17)22/h2-11,16,19H,12-15H2,1H3,(H,25,27). The van der Waals surface area contributed by atoms with Crippen LogP contribution < -0.4 is 10.1 Å². The van der Waals surface area contributed by atoms with Gasteiger partial charge >= 0.3 is 0 Å². The second-order valence-corrected chi connectivity index (χ2v) is 7.30. The van der Waals surface area contributed by atoms with E-state index in [0.29, 0.717) is 24.4 Å². The van der Waals surface area contributed by atoms with Crippen molar-refractivity contribution in [2.75, 3.05) is 20.2 Å². The van der Waals surface area contributed by atoms with Crippen molar-refractivity contribution in [3.8, 4) is 5.75 Å². The summed E-state index contributed by atoms with van der Waals surface area (Å²) in [5, 5.41) is 5.13. The van der Waals surface area contributed by atoms with Gasteiger partial charge in [-0.3, -0.25) is 9.59 Å². The number of amides is 2. The molecular formula is C24H24N2O3. The first-order chi connectivity index (χ1) is 14.2. The Hall–Kier alpha value is -3.34. The molecule has 5 nitrogen and oxygen atoms in total. The summed E-state index contributed by atoms with van der Waals surface area (Å²) in [7, 11) is 1.58. The number of hydrogen-bond acceptors (Lipinski definition) is 3. The third-order valence-electron chi connectivity index (χ3n) is 5.47. The number of carbonyl (C=O) groups is 2. The van der Waals surface area contributed by atoms with Gasteiger partial charge in [0.05, 0.1) is 7.11 Å². The van der Waals surface area contributed by atoms with E-state index in [0.717, 1.165) is 29.2 Å². The molecule has 1 saturated heterocycles. The lowest BCUT2D eigenvalue weighted by atomic mass is 10.0. The predicted octanol–water partition coefficient (Wildman–Crippen LogP) is 3.88. The largest absolute Gasteiger partial charge is 0.497 e. The molecule has 29 heavy (non-hydrogen) atoms. The molecule has 2 amide bonds. The van der Waals surface area contributed by atoms with Crippen molar-refractivity contribution < 1.29 is 14.3 Å². The Kier molecular flexibility index (Phi) is 5.47. The van der Waals surface area contributed by atoms with Crippen molar-refractivity contribution in [2.45, 2.75) is 18.9 Å². The minimum Gasteiger partial charge on any atom is -0.497 e. The average molecular weight is 388 g/mol. The molecule has 5 heteroatoms. The van der Waals surface area contributed by atoms with E-state index < -0.39 is 0 Å². The van der Waals surface area contributed by atoms with Crippen LogP contribution in [0.1, 0.15) is 33.6 Å². The lowest BCUT2D eigenvalue weighted by Gasteiger charge is -2.32. The summed E-state index contributed by atoms with van der Waals surface area (Å²) in [5.74, 6) is 0.607. The van der Waals surface area contributed by atoms with Gasteiger partial charge in [0.1, 0.15) is 5.75 Å². The Bertz CT molecular complexity index is 1030. The Balaban J connectivity index is 1.39. The van der Waals surface area contributed by atoms with E-state index in [9.17, 15) is 9.59 Å². The fraction of sp³-hybridized carbons (Fsp3) is 0.250. The molecule has 0 saturated carbocycles. The van der Waals surface area contributed by atoms with Gasteiger partial charge in [-0.25, -0.2) is 0 Å². The van der Waals surface area contributed by atoms with Crippen LogP contribution in [0.2, 0.25) is 0 Å². The molecule has 0 aliphatic carbocycles. The fourth-order valence-corrected chi connectivity index (χ4v) is 3.84. The zero-order valence-corrected chi connectivity index (χ0v) is 16.4. The van der Waals surface area contributed by atoms with Crippen LogP contribution in [0.5, 0.6) is 5.75 Å². The molecule has 0 atom stereocenters. The second kappa shape index (κ2) is 8.35. The van der Waals surface area contributed by atoms with Crippen LogP contribution in [0.4, 0.5) is 0 Å². The average Bonchev–Trinajstić information content (AvgIpc) is 2.78. The van der Waals surface area contributed by atoms with Gasteiger partial charge in [-0.05, 0) is 47.9 Å². The number of nitrogens with one attached hydrogen (secondary N) is 1. The number of piperidine rings is 1. The summed E-state index contributed by atoms with van der Waals surface area (Å²) >= 11 is 0. The Morgan fingerprint density at radius 3 is 2.48 bits per heavy atom. The van der Waals surface area contributed by atoms with Crippen LogP contribution in [0.3, 0.4) is 0 Å². The monoisotopic (exact) mass is 388 g/mol. The lowest BCUT2D eigenvalue weighted by Crippen LogP contribution is -2.46. The highest BCUT2D eigenvalue weighted by molar-refractivity contribution is 6.07. The summed E-state index contributed by atoms with van der Waals surface area (Å²) in [5.41, 5.74) is 1.32. The van der Waals surface area contributed by atoms with Gasteiger partial charge in [0.25, 0.3) is 11.8 Å². The summed E-state index contributed by atoms with van der Waals surface area (Å²) in [6.07, 6.45) is 1.48. The number of benzene rings is 3. The molecule has 1 aliphatic rings. The SMILES string of the molecule is COc1cccc(C(=O)NC2CCN(C(=O)c3cccc4ccccc34)CC2)c1. The Morgan fingerprint density at radius 2 is 1.69 bits per heavy atom. The maximum absolute atomic E-state index is 13.1. The Morgan fingerprint density at radius 1 is 0.966 bits per heavy atom. The van der Waals surface area contributed by atoms with Gasteiger partial charge < -0.3 is 15.0 Å². The molecule has 1 N–H and O–H groups in total. The number of likely N-dealkylation sites (tertiary alicyclic amines) is 1. The lowest BCUT2D eigenvalue weighted by molar-refractivity contribution is 0.0700. The van der Waals surface area contributed by atoms with Crippen LogP contribution in [0.25, 0.3) is 10.8 Å². The number of nitrogens with zero attached hydrogens (tertiary/aromatic N) is 1. The minimum atomic E-state index is -0.109. The molecule has 4 rings (SSSR count). The highest BCUT2D eigenvalue weighted by Gasteiger charge is 2.25. The number of carbonyl (C=O) groups excluding carboxylic acids is 2. The molecular weight excluding hydrogens is 364 g/mol. The van der Waals surface area contributed by atoms with Crippen LogP contribution in [-0.2, 0) is 0 Å². The summed E-state index contributed by atoms with van der Waals surface area (Å²) < 4.78 is 5.18. The minimum absolute atomic E-state index is 0.0550. The zero-order chi connectivity index (χ0) is 20.2. The van der Waals surface area contributed by atoms with E-state index in [1.54, 1.807) is 25.3 Å². The summed E-state index contributed by atoms with van der Waals surface area (Å²) in [4.78, 5) is 27.5. The molecule has 1 heterocycles. The molecule has 148 valence electrons. The molecule has 1 aliphatic heterocycles. The van der Waals surface area contributed by atoms with E-state index in [2.05, 4.69) is 5.32 Å². The predicted molar refractivity (Wildman–Crippen MR) is 113 cm³/mol. The molecule has 0 bridgehead atoms. The van der Waals surface area contributed by atoms with E-state index in [1.807, 2.05) is 53.4 Å². The van der Waals surface area contributed by atoms with Crippen LogP contribution in [0, 0.1) is 0 Å². The van der Waals surface area contributed by atoms with Crippen molar-refractivity contribution in [1.82, 2.24) is 10.2 Å². The van der Waals surface area contributed by atoms with Gasteiger partial charge in [0.2, 0.25) is 0 Å². The highest BCUT2D eigenvalue weighted by atomic mass is 16.5. The maximum Gasteiger partial charge on any atom is 0.254 e. The first-order valence-corrected chi connectivity index (χ1v) is 9.87. The van der Waals surface area contributed by atoms with Gasteiger partial charge in [0.15, 0.2) is 0 Å². The number of fused-ring (bicyclic) bond motifs is 1. The topological polar surface area (TPSA) is 58.6 Å². The van der Waals surface area contributed by atoms with Crippen LogP contribution in [-0.4, -0.2) is 43.0 Å². The van der Waals surface area contributed by atoms with Crippen LogP contribution >= 0.6 is 0 Å². The molecule has 0 aromatic heterocycles. The molecule has 3 aromatic carbocycles. The van der Waals surface area contributed by atoms with Gasteiger partial charge in [0, 0.05) is 30.3 Å². The van der Waals surface area contributed by atoms with Crippen molar-refractivity contribution in [3.05, 3.63) is 77.9 Å². The first-order valence-electron chi connectivity index (χ1n) is 9.87. The maximum atomic E-state index is 13.1. The van der Waals surface area contributed by atoms with Gasteiger partial charge in [-0.2, -0.15) is 0 Å². The van der Waals surface area contributed by atoms with E-state index in [-0.39, 0.29) is 17.9 Å². The smallest absolute Gasteiger partial charge is 0.254 e. The quantitative estimate of drug-likeness (QED) is 0.738. The normalized spacial score (nSPS) is 14.6. The van der Waals surface area contributed by atoms with Crippen molar-refractivity contribution in [3.63, 3.8) is 0 Å². The fourth-order valence-electron chi connectivity index (χ4n) is 3.84. The number of methoxy groups -OCH3 is 1. The van der Waals surface area contributed by atoms with Crippen molar-refractivity contribution in [2.24, 2.45) is 0 Å². The molecule has 3 aromatic rings. The molecule has 0 unspecified atom stereocenters.